The summed E-state index contributed by atoms with van der Waals surface area (Å²) >= 11 is 0. The molecule has 1 aromatic carbocycles. The number of carbonyl (C=O) groups excluding carboxylic acids is 1. The van der Waals surface area contributed by atoms with Crippen LogP contribution in [0.4, 0.5) is 0 Å². The zero-order valence-electron chi connectivity index (χ0n) is 14.0. The molecule has 1 N–H and O–H groups in total. The molecule has 1 saturated heterocycles. The topological polar surface area (TPSA) is 66.5 Å². The predicted molar refractivity (Wildman–Crippen MR) is 93.4 cm³/mol. The Hall–Kier alpha value is -1.40. The number of amides is 1. The van der Waals surface area contributed by atoms with Gasteiger partial charge in [-0.3, -0.25) is 4.79 Å². The summed E-state index contributed by atoms with van der Waals surface area (Å²) in [6.45, 7) is 1.14. The van der Waals surface area contributed by atoms with E-state index < -0.39 is 10.0 Å². The molecule has 132 valence electrons. The lowest BCUT2D eigenvalue weighted by atomic mass is 10.1. The van der Waals surface area contributed by atoms with Gasteiger partial charge in [0.2, 0.25) is 10.0 Å². The van der Waals surface area contributed by atoms with Gasteiger partial charge < -0.3 is 5.32 Å². The molecule has 6 heteroatoms. The first-order valence-corrected chi connectivity index (χ1v) is 10.4. The number of carbonyl (C=O) groups is 1. The molecule has 0 aromatic heterocycles. The van der Waals surface area contributed by atoms with Crippen LogP contribution in [0.5, 0.6) is 0 Å². The minimum Gasteiger partial charge on any atom is -0.349 e. The molecule has 1 aromatic rings. The molecule has 2 aliphatic rings. The van der Waals surface area contributed by atoms with Crippen LogP contribution in [0.15, 0.2) is 29.2 Å². The van der Waals surface area contributed by atoms with E-state index in [1.54, 1.807) is 18.2 Å². The SMILES string of the molecule is O=C(NC1CCCCCC1)c1cccc(S(=O)(=O)N2CCCC2)c1. The third-order valence-corrected chi connectivity index (χ3v) is 6.88. The lowest BCUT2D eigenvalue weighted by Crippen LogP contribution is -2.34. The van der Waals surface area contributed by atoms with Gasteiger partial charge in [0.1, 0.15) is 0 Å². The summed E-state index contributed by atoms with van der Waals surface area (Å²) in [5, 5.41) is 3.08. The standard InChI is InChI=1S/C18H26N2O3S/c21-18(19-16-9-3-1-2-4-10-16)15-8-7-11-17(14-15)24(22,23)20-12-5-6-13-20/h7-8,11,14,16H,1-6,9-10,12-13H2,(H,19,21). The van der Waals surface area contributed by atoms with Crippen LogP contribution >= 0.6 is 0 Å². The van der Waals surface area contributed by atoms with Crippen molar-refractivity contribution in [3.05, 3.63) is 29.8 Å². The molecule has 1 saturated carbocycles. The smallest absolute Gasteiger partial charge is 0.251 e. The molecule has 0 atom stereocenters. The van der Waals surface area contributed by atoms with Gasteiger partial charge in [0, 0.05) is 24.7 Å². The first-order valence-electron chi connectivity index (χ1n) is 8.98. The second kappa shape index (κ2) is 7.66. The molecule has 0 radical (unpaired) electrons. The van der Waals surface area contributed by atoms with Crippen LogP contribution in [0, 0.1) is 0 Å². The molecule has 0 unspecified atom stereocenters. The fourth-order valence-electron chi connectivity index (χ4n) is 3.57. The third-order valence-electron chi connectivity index (χ3n) is 4.99. The van der Waals surface area contributed by atoms with Crippen molar-refractivity contribution in [2.75, 3.05) is 13.1 Å². The molecule has 1 aliphatic heterocycles. The molecular formula is C18H26N2O3S. The summed E-state index contributed by atoms with van der Waals surface area (Å²) in [5.74, 6) is -0.166. The number of rotatable bonds is 4. The summed E-state index contributed by atoms with van der Waals surface area (Å²) in [7, 11) is -3.48. The highest BCUT2D eigenvalue weighted by Gasteiger charge is 2.27. The van der Waals surface area contributed by atoms with Gasteiger partial charge in [-0.25, -0.2) is 8.42 Å². The summed E-state index contributed by atoms with van der Waals surface area (Å²) < 4.78 is 26.8. The average molecular weight is 350 g/mol. The zero-order chi connectivity index (χ0) is 17.0. The summed E-state index contributed by atoms with van der Waals surface area (Å²) in [4.78, 5) is 12.7. The highest BCUT2D eigenvalue weighted by molar-refractivity contribution is 7.89. The Morgan fingerprint density at radius 2 is 1.67 bits per heavy atom. The van der Waals surface area contributed by atoms with Crippen molar-refractivity contribution in [1.29, 1.82) is 0 Å². The number of benzene rings is 1. The Balaban J connectivity index is 1.73. The van der Waals surface area contributed by atoms with E-state index in [2.05, 4.69) is 5.32 Å². The number of sulfonamides is 1. The van der Waals surface area contributed by atoms with Crippen LogP contribution in [0.25, 0.3) is 0 Å². The first-order chi connectivity index (χ1) is 11.6. The molecule has 0 bridgehead atoms. The third kappa shape index (κ3) is 3.98. The molecular weight excluding hydrogens is 324 g/mol. The quantitative estimate of drug-likeness (QED) is 0.849. The molecule has 0 spiro atoms. The average Bonchev–Trinajstić information content (AvgIpc) is 3.02. The van der Waals surface area contributed by atoms with Crippen molar-refractivity contribution in [3.8, 4) is 0 Å². The first kappa shape index (κ1) is 17.4. The molecule has 1 amide bonds. The zero-order valence-corrected chi connectivity index (χ0v) is 14.9. The summed E-state index contributed by atoms with van der Waals surface area (Å²) in [6.07, 6.45) is 8.59. The van der Waals surface area contributed by atoms with Crippen LogP contribution < -0.4 is 5.32 Å². The van der Waals surface area contributed by atoms with Crippen molar-refractivity contribution in [2.45, 2.75) is 62.3 Å². The number of hydrogen-bond acceptors (Lipinski definition) is 3. The van der Waals surface area contributed by atoms with Crippen molar-refractivity contribution in [1.82, 2.24) is 9.62 Å². The fourth-order valence-corrected chi connectivity index (χ4v) is 5.13. The molecule has 1 aliphatic carbocycles. The Labute approximate surface area is 144 Å². The van der Waals surface area contributed by atoms with Gasteiger partial charge in [0.15, 0.2) is 0 Å². The number of hydrogen-bond donors (Lipinski definition) is 1. The van der Waals surface area contributed by atoms with Gasteiger partial charge in [0.05, 0.1) is 4.90 Å². The van der Waals surface area contributed by atoms with Crippen LogP contribution in [0.3, 0.4) is 0 Å². The van der Waals surface area contributed by atoms with E-state index in [0.717, 1.165) is 38.5 Å². The van der Waals surface area contributed by atoms with Gasteiger partial charge >= 0.3 is 0 Å². The second-order valence-electron chi connectivity index (χ2n) is 6.80. The van der Waals surface area contributed by atoms with Gasteiger partial charge in [-0.1, -0.05) is 31.7 Å². The lowest BCUT2D eigenvalue weighted by Gasteiger charge is -2.18. The van der Waals surface area contributed by atoms with E-state index in [9.17, 15) is 13.2 Å². The largest absolute Gasteiger partial charge is 0.349 e. The minimum atomic E-state index is -3.48. The van der Waals surface area contributed by atoms with Crippen molar-refractivity contribution in [2.24, 2.45) is 0 Å². The van der Waals surface area contributed by atoms with E-state index in [-0.39, 0.29) is 16.8 Å². The monoisotopic (exact) mass is 350 g/mol. The van der Waals surface area contributed by atoms with Crippen LogP contribution in [0.1, 0.15) is 61.7 Å². The maximum Gasteiger partial charge on any atom is 0.251 e. The Kier molecular flexibility index (Phi) is 5.56. The highest BCUT2D eigenvalue weighted by Crippen LogP contribution is 2.22. The van der Waals surface area contributed by atoms with Crippen molar-refractivity contribution >= 4 is 15.9 Å². The second-order valence-corrected chi connectivity index (χ2v) is 8.74. The van der Waals surface area contributed by atoms with E-state index in [0.29, 0.717) is 18.7 Å². The Morgan fingerprint density at radius 3 is 2.33 bits per heavy atom. The Morgan fingerprint density at radius 1 is 1.00 bits per heavy atom. The summed E-state index contributed by atoms with van der Waals surface area (Å²) in [5.41, 5.74) is 0.430. The van der Waals surface area contributed by atoms with Gasteiger partial charge in [-0.15, -0.1) is 0 Å². The normalized spacial score (nSPS) is 20.7. The molecule has 2 fully saturated rings. The maximum atomic E-state index is 12.6. The van der Waals surface area contributed by atoms with E-state index in [1.165, 1.54) is 23.2 Å². The van der Waals surface area contributed by atoms with Gasteiger partial charge in [-0.2, -0.15) is 4.31 Å². The highest BCUT2D eigenvalue weighted by atomic mass is 32.2. The molecule has 1 heterocycles. The fraction of sp³-hybridized carbons (Fsp3) is 0.611. The maximum absolute atomic E-state index is 12.6. The van der Waals surface area contributed by atoms with Crippen LogP contribution in [-0.2, 0) is 10.0 Å². The van der Waals surface area contributed by atoms with Gasteiger partial charge in [-0.05, 0) is 43.9 Å². The van der Waals surface area contributed by atoms with Crippen LogP contribution in [-0.4, -0.2) is 37.8 Å². The van der Waals surface area contributed by atoms with E-state index in [4.69, 9.17) is 0 Å². The predicted octanol–water partition coefficient (Wildman–Crippen LogP) is 2.92. The van der Waals surface area contributed by atoms with Crippen molar-refractivity contribution < 1.29 is 13.2 Å². The van der Waals surface area contributed by atoms with E-state index >= 15 is 0 Å². The molecule has 24 heavy (non-hydrogen) atoms. The summed E-state index contributed by atoms with van der Waals surface area (Å²) in [6, 6.07) is 6.65. The Bertz CT molecular complexity index is 673. The number of nitrogens with one attached hydrogen (secondary N) is 1. The van der Waals surface area contributed by atoms with Gasteiger partial charge in [0.25, 0.3) is 5.91 Å². The molecule has 5 nitrogen and oxygen atoms in total. The molecule has 3 rings (SSSR count). The minimum absolute atomic E-state index is 0.166. The van der Waals surface area contributed by atoms with E-state index in [1.807, 2.05) is 0 Å². The number of nitrogens with zero attached hydrogens (tertiary/aromatic N) is 1. The lowest BCUT2D eigenvalue weighted by molar-refractivity contribution is 0.0933. The van der Waals surface area contributed by atoms with Crippen molar-refractivity contribution in [3.63, 3.8) is 0 Å². The van der Waals surface area contributed by atoms with Crippen LogP contribution in [0.2, 0.25) is 0 Å².